The molecule has 2 atom stereocenters. The number of nitrogens with zero attached hydrogens (tertiary/aromatic N) is 6. The molecule has 0 saturated heterocycles. The van der Waals surface area contributed by atoms with Crippen LogP contribution in [-0.2, 0) is 19.4 Å². The molecule has 2 N–H and O–H groups in total. The highest BCUT2D eigenvalue weighted by molar-refractivity contribution is 5.32. The molecular weight excluding hydrogens is 278 g/mol. The number of nitrogen functional groups attached to an aromatic ring is 1. The lowest BCUT2D eigenvalue weighted by Gasteiger charge is -2.26. The second-order valence-corrected chi connectivity index (χ2v) is 6.43. The Hall–Kier alpha value is -2.18. The SMILES string of the molecule is CC1Cc2ncn(Cc3nc(N)nc(N(C)C)n3)c2CC1C. The van der Waals surface area contributed by atoms with Gasteiger partial charge in [-0.3, -0.25) is 0 Å². The van der Waals surface area contributed by atoms with Gasteiger partial charge < -0.3 is 15.2 Å². The molecule has 7 nitrogen and oxygen atoms in total. The van der Waals surface area contributed by atoms with Crippen molar-refractivity contribution in [3.8, 4) is 0 Å². The van der Waals surface area contributed by atoms with Crippen molar-refractivity contribution in [1.29, 1.82) is 0 Å². The number of fused-ring (bicyclic) bond motifs is 1. The predicted molar refractivity (Wildman–Crippen MR) is 85.6 cm³/mol. The van der Waals surface area contributed by atoms with E-state index in [-0.39, 0.29) is 5.95 Å². The molecule has 118 valence electrons. The van der Waals surface area contributed by atoms with Crippen LogP contribution in [0.25, 0.3) is 0 Å². The summed E-state index contributed by atoms with van der Waals surface area (Å²) in [6, 6.07) is 0. The molecular formula is C15H23N7. The molecule has 0 radical (unpaired) electrons. The zero-order valence-electron chi connectivity index (χ0n) is 13.6. The van der Waals surface area contributed by atoms with Gasteiger partial charge in [-0.1, -0.05) is 13.8 Å². The summed E-state index contributed by atoms with van der Waals surface area (Å²) in [7, 11) is 3.78. The highest BCUT2D eigenvalue weighted by Crippen LogP contribution is 2.29. The quantitative estimate of drug-likeness (QED) is 0.915. The van der Waals surface area contributed by atoms with Crippen molar-refractivity contribution in [3.05, 3.63) is 23.5 Å². The van der Waals surface area contributed by atoms with Crippen LogP contribution in [0.5, 0.6) is 0 Å². The van der Waals surface area contributed by atoms with E-state index in [1.165, 1.54) is 11.4 Å². The summed E-state index contributed by atoms with van der Waals surface area (Å²) in [6.45, 7) is 5.18. The molecule has 0 spiro atoms. The van der Waals surface area contributed by atoms with Crippen LogP contribution >= 0.6 is 0 Å². The first kappa shape index (κ1) is 14.7. The van der Waals surface area contributed by atoms with E-state index in [4.69, 9.17) is 5.73 Å². The molecule has 0 aliphatic heterocycles. The smallest absolute Gasteiger partial charge is 0.229 e. The van der Waals surface area contributed by atoms with Crippen LogP contribution < -0.4 is 10.6 Å². The van der Waals surface area contributed by atoms with E-state index in [2.05, 4.69) is 38.4 Å². The van der Waals surface area contributed by atoms with Gasteiger partial charge in [-0.2, -0.15) is 15.0 Å². The lowest BCUT2D eigenvalue weighted by atomic mass is 9.82. The summed E-state index contributed by atoms with van der Waals surface area (Å²) in [4.78, 5) is 19.2. The fourth-order valence-electron chi connectivity index (χ4n) is 2.85. The minimum Gasteiger partial charge on any atom is -0.368 e. The van der Waals surface area contributed by atoms with Crippen molar-refractivity contribution in [1.82, 2.24) is 24.5 Å². The van der Waals surface area contributed by atoms with Gasteiger partial charge in [-0.05, 0) is 24.7 Å². The molecule has 1 aliphatic carbocycles. The van der Waals surface area contributed by atoms with Gasteiger partial charge in [0.2, 0.25) is 11.9 Å². The number of aromatic nitrogens is 5. The Bertz CT molecular complexity index is 677. The van der Waals surface area contributed by atoms with E-state index >= 15 is 0 Å². The summed E-state index contributed by atoms with van der Waals surface area (Å²) in [6.07, 6.45) is 3.99. The summed E-state index contributed by atoms with van der Waals surface area (Å²) in [5, 5.41) is 0. The normalized spacial score (nSPS) is 20.7. The lowest BCUT2D eigenvalue weighted by molar-refractivity contribution is 0.349. The third kappa shape index (κ3) is 2.75. The van der Waals surface area contributed by atoms with Crippen LogP contribution in [0.4, 0.5) is 11.9 Å². The average molecular weight is 301 g/mol. The van der Waals surface area contributed by atoms with Crippen molar-refractivity contribution >= 4 is 11.9 Å². The zero-order chi connectivity index (χ0) is 15.9. The number of rotatable bonds is 3. The number of hydrogen-bond donors (Lipinski definition) is 1. The Morgan fingerprint density at radius 2 is 1.91 bits per heavy atom. The van der Waals surface area contributed by atoms with E-state index in [1.54, 1.807) is 0 Å². The van der Waals surface area contributed by atoms with Crippen molar-refractivity contribution in [2.45, 2.75) is 33.2 Å². The molecule has 1 aliphatic rings. The molecule has 22 heavy (non-hydrogen) atoms. The average Bonchev–Trinajstić information content (AvgIpc) is 2.81. The Morgan fingerprint density at radius 3 is 2.64 bits per heavy atom. The van der Waals surface area contributed by atoms with E-state index in [0.29, 0.717) is 30.2 Å². The second kappa shape index (κ2) is 5.55. The molecule has 0 saturated carbocycles. The monoisotopic (exact) mass is 301 g/mol. The van der Waals surface area contributed by atoms with Crippen molar-refractivity contribution in [2.24, 2.45) is 11.8 Å². The molecule has 0 bridgehead atoms. The maximum atomic E-state index is 5.79. The molecule has 0 amide bonds. The van der Waals surface area contributed by atoms with E-state index in [9.17, 15) is 0 Å². The molecule has 0 aromatic carbocycles. The number of imidazole rings is 1. The minimum absolute atomic E-state index is 0.254. The van der Waals surface area contributed by atoms with Crippen LogP contribution in [0, 0.1) is 11.8 Å². The van der Waals surface area contributed by atoms with Crippen molar-refractivity contribution in [2.75, 3.05) is 24.7 Å². The predicted octanol–water partition coefficient (Wildman–Crippen LogP) is 1.14. The molecule has 2 aromatic heterocycles. The van der Waals surface area contributed by atoms with Crippen molar-refractivity contribution in [3.63, 3.8) is 0 Å². The molecule has 7 heteroatoms. The van der Waals surface area contributed by atoms with Gasteiger partial charge in [-0.25, -0.2) is 4.98 Å². The number of nitrogens with two attached hydrogens (primary N) is 1. The highest BCUT2D eigenvalue weighted by Gasteiger charge is 2.26. The Kier molecular flexibility index (Phi) is 3.72. The number of hydrogen-bond acceptors (Lipinski definition) is 6. The standard InChI is InChI=1S/C15H23N7/c1-9-5-11-12(6-10(9)2)22(8-17-11)7-13-18-14(16)20-15(19-13)21(3)4/h8-10H,5-7H2,1-4H3,(H2,16,18,19,20). The molecule has 3 rings (SSSR count). The topological polar surface area (TPSA) is 85.8 Å². The summed E-state index contributed by atoms with van der Waals surface area (Å²) < 4.78 is 2.14. The number of anilines is 2. The Labute approximate surface area is 130 Å². The Morgan fingerprint density at radius 1 is 1.18 bits per heavy atom. The van der Waals surface area contributed by atoms with Gasteiger partial charge in [0.05, 0.1) is 18.6 Å². The largest absolute Gasteiger partial charge is 0.368 e. The first-order valence-corrected chi connectivity index (χ1v) is 7.64. The second-order valence-electron chi connectivity index (χ2n) is 6.43. The molecule has 2 unspecified atom stereocenters. The highest BCUT2D eigenvalue weighted by atomic mass is 15.3. The molecule has 2 aromatic rings. The third-order valence-corrected chi connectivity index (χ3v) is 4.43. The van der Waals surface area contributed by atoms with Crippen LogP contribution in [-0.4, -0.2) is 38.6 Å². The van der Waals surface area contributed by atoms with Gasteiger partial charge in [0, 0.05) is 19.8 Å². The fourth-order valence-corrected chi connectivity index (χ4v) is 2.85. The van der Waals surface area contributed by atoms with Crippen molar-refractivity contribution < 1.29 is 0 Å². The maximum absolute atomic E-state index is 5.79. The van der Waals surface area contributed by atoms with Crippen LogP contribution in [0.2, 0.25) is 0 Å². The van der Waals surface area contributed by atoms with Gasteiger partial charge >= 0.3 is 0 Å². The third-order valence-electron chi connectivity index (χ3n) is 4.43. The van der Waals surface area contributed by atoms with E-state index in [0.717, 1.165) is 12.8 Å². The van der Waals surface area contributed by atoms with Crippen LogP contribution in [0.15, 0.2) is 6.33 Å². The molecule has 0 fully saturated rings. The molecule has 2 heterocycles. The van der Waals surface area contributed by atoms with Gasteiger partial charge in [0.1, 0.15) is 0 Å². The first-order valence-electron chi connectivity index (χ1n) is 7.64. The Balaban J connectivity index is 1.89. The lowest BCUT2D eigenvalue weighted by Crippen LogP contribution is -2.23. The maximum Gasteiger partial charge on any atom is 0.229 e. The van der Waals surface area contributed by atoms with Gasteiger partial charge in [0.25, 0.3) is 0 Å². The van der Waals surface area contributed by atoms with Gasteiger partial charge in [0.15, 0.2) is 5.82 Å². The van der Waals surface area contributed by atoms with Crippen LogP contribution in [0.1, 0.15) is 31.1 Å². The summed E-state index contributed by atoms with van der Waals surface area (Å²) in [5.74, 6) is 2.86. The first-order chi connectivity index (χ1) is 10.4. The minimum atomic E-state index is 0.254. The van der Waals surface area contributed by atoms with Crippen LogP contribution in [0.3, 0.4) is 0 Å². The zero-order valence-corrected chi connectivity index (χ0v) is 13.6. The van der Waals surface area contributed by atoms with Gasteiger partial charge in [-0.15, -0.1) is 0 Å². The fraction of sp³-hybridized carbons (Fsp3) is 0.600. The summed E-state index contributed by atoms with van der Waals surface area (Å²) in [5.41, 5.74) is 8.30. The van der Waals surface area contributed by atoms with E-state index in [1.807, 2.05) is 25.3 Å². The van der Waals surface area contributed by atoms with E-state index < -0.39 is 0 Å². The summed E-state index contributed by atoms with van der Waals surface area (Å²) >= 11 is 0.